The van der Waals surface area contributed by atoms with Crippen LogP contribution in [-0.4, -0.2) is 18.2 Å². The Balaban J connectivity index is 2.06. The van der Waals surface area contributed by atoms with Crippen LogP contribution in [0.2, 0.25) is 0 Å². The van der Waals surface area contributed by atoms with Gasteiger partial charge in [-0.2, -0.15) is 9.78 Å². The van der Waals surface area contributed by atoms with Crippen LogP contribution in [0.3, 0.4) is 0 Å². The van der Waals surface area contributed by atoms with Crippen molar-refractivity contribution >= 4 is 32.6 Å². The van der Waals surface area contributed by atoms with Crippen molar-refractivity contribution in [3.05, 3.63) is 74.6 Å². The second-order valence-corrected chi connectivity index (χ2v) is 7.82. The number of aromatic nitrogens is 2. The van der Waals surface area contributed by atoms with E-state index >= 15 is 0 Å². The first kappa shape index (κ1) is 16.8. The van der Waals surface area contributed by atoms with E-state index in [-0.39, 0.29) is 10.5 Å². The lowest BCUT2D eigenvalue weighted by atomic mass is 10.1. The first-order valence-electron chi connectivity index (χ1n) is 6.84. The standard InChI is InChI=1S/C16H12IN3O3S/c17-12-3-1-11(2-4-12)15-9-10-16(21)20(19-15)13-5-7-14(8-6-13)24(18,22)23/h1-10H,(H2,18,22,23). The Bertz CT molecular complexity index is 1040. The molecule has 1 aromatic heterocycles. The van der Waals surface area contributed by atoms with Crippen molar-refractivity contribution < 1.29 is 8.42 Å². The summed E-state index contributed by atoms with van der Waals surface area (Å²) < 4.78 is 24.9. The Morgan fingerprint density at radius 2 is 1.54 bits per heavy atom. The van der Waals surface area contributed by atoms with Crippen molar-refractivity contribution in [1.82, 2.24) is 9.78 Å². The molecule has 2 N–H and O–H groups in total. The first-order chi connectivity index (χ1) is 11.3. The van der Waals surface area contributed by atoms with Gasteiger partial charge in [-0.15, -0.1) is 0 Å². The molecule has 0 aliphatic heterocycles. The number of sulfonamides is 1. The van der Waals surface area contributed by atoms with Crippen molar-refractivity contribution in [1.29, 1.82) is 0 Å². The van der Waals surface area contributed by atoms with Crippen molar-refractivity contribution in [3.63, 3.8) is 0 Å². The van der Waals surface area contributed by atoms with Crippen LogP contribution in [0.25, 0.3) is 16.9 Å². The molecule has 24 heavy (non-hydrogen) atoms. The number of hydrogen-bond acceptors (Lipinski definition) is 4. The van der Waals surface area contributed by atoms with E-state index in [1.165, 1.54) is 35.0 Å². The molecule has 0 fully saturated rings. The smallest absolute Gasteiger partial charge is 0.267 e. The van der Waals surface area contributed by atoms with Gasteiger partial charge in [0, 0.05) is 15.2 Å². The maximum absolute atomic E-state index is 12.1. The van der Waals surface area contributed by atoms with Gasteiger partial charge in [-0.05, 0) is 65.1 Å². The maximum atomic E-state index is 12.1. The summed E-state index contributed by atoms with van der Waals surface area (Å²) in [6, 6.07) is 16.5. The molecule has 1 heterocycles. The summed E-state index contributed by atoms with van der Waals surface area (Å²) in [7, 11) is -3.78. The molecular formula is C16H12IN3O3S. The second kappa shape index (κ2) is 6.46. The van der Waals surface area contributed by atoms with Gasteiger partial charge in [0.15, 0.2) is 0 Å². The van der Waals surface area contributed by atoms with E-state index in [2.05, 4.69) is 27.7 Å². The Morgan fingerprint density at radius 1 is 0.917 bits per heavy atom. The van der Waals surface area contributed by atoms with Gasteiger partial charge < -0.3 is 0 Å². The molecule has 0 spiro atoms. The van der Waals surface area contributed by atoms with Crippen molar-refractivity contribution in [2.24, 2.45) is 5.14 Å². The van der Waals surface area contributed by atoms with Gasteiger partial charge in [-0.25, -0.2) is 13.6 Å². The molecule has 3 rings (SSSR count). The average Bonchev–Trinajstić information content (AvgIpc) is 2.55. The number of hydrogen-bond donors (Lipinski definition) is 1. The van der Waals surface area contributed by atoms with E-state index in [9.17, 15) is 13.2 Å². The Labute approximate surface area is 152 Å². The highest BCUT2D eigenvalue weighted by Crippen LogP contribution is 2.18. The highest BCUT2D eigenvalue weighted by atomic mass is 127. The molecule has 0 atom stereocenters. The SMILES string of the molecule is NS(=O)(=O)c1ccc(-n2nc(-c3ccc(I)cc3)ccc2=O)cc1. The van der Waals surface area contributed by atoms with Crippen LogP contribution in [0.4, 0.5) is 0 Å². The Morgan fingerprint density at radius 3 is 2.12 bits per heavy atom. The second-order valence-electron chi connectivity index (χ2n) is 5.01. The summed E-state index contributed by atoms with van der Waals surface area (Å²) in [6.45, 7) is 0. The molecule has 8 heteroatoms. The van der Waals surface area contributed by atoms with Gasteiger partial charge in [0.05, 0.1) is 16.3 Å². The van der Waals surface area contributed by atoms with Gasteiger partial charge in [-0.3, -0.25) is 4.79 Å². The lowest BCUT2D eigenvalue weighted by Gasteiger charge is -2.08. The van der Waals surface area contributed by atoms with Gasteiger partial charge in [0.25, 0.3) is 5.56 Å². The molecule has 0 aliphatic rings. The van der Waals surface area contributed by atoms with Crippen molar-refractivity contribution in [2.75, 3.05) is 0 Å². The molecule has 2 aromatic carbocycles. The molecule has 0 radical (unpaired) electrons. The van der Waals surface area contributed by atoms with E-state index in [0.717, 1.165) is 9.13 Å². The van der Waals surface area contributed by atoms with Crippen LogP contribution in [0.1, 0.15) is 0 Å². The van der Waals surface area contributed by atoms with Crippen LogP contribution < -0.4 is 10.7 Å². The largest absolute Gasteiger partial charge is 0.271 e. The lowest BCUT2D eigenvalue weighted by Crippen LogP contribution is -2.20. The highest BCUT2D eigenvalue weighted by molar-refractivity contribution is 14.1. The monoisotopic (exact) mass is 453 g/mol. The molecule has 0 saturated carbocycles. The predicted octanol–water partition coefficient (Wildman–Crippen LogP) is 2.15. The molecule has 3 aromatic rings. The molecule has 0 bridgehead atoms. The minimum atomic E-state index is -3.78. The number of nitrogens with zero attached hydrogens (tertiary/aromatic N) is 2. The fourth-order valence-electron chi connectivity index (χ4n) is 2.15. The normalized spacial score (nSPS) is 11.4. The molecule has 6 nitrogen and oxygen atoms in total. The lowest BCUT2D eigenvalue weighted by molar-refractivity contribution is 0.597. The summed E-state index contributed by atoms with van der Waals surface area (Å²) in [5.74, 6) is 0. The average molecular weight is 453 g/mol. The minimum Gasteiger partial charge on any atom is -0.267 e. The summed E-state index contributed by atoms with van der Waals surface area (Å²) in [6.07, 6.45) is 0. The third-order valence-corrected chi connectivity index (χ3v) is 5.00. The van der Waals surface area contributed by atoms with Crippen LogP contribution in [0, 0.1) is 3.57 Å². The van der Waals surface area contributed by atoms with Crippen LogP contribution in [0.15, 0.2) is 70.4 Å². The zero-order valence-electron chi connectivity index (χ0n) is 12.3. The molecular weight excluding hydrogens is 441 g/mol. The van der Waals surface area contributed by atoms with Crippen LogP contribution >= 0.6 is 22.6 Å². The quantitative estimate of drug-likeness (QED) is 0.615. The molecule has 0 amide bonds. The first-order valence-corrected chi connectivity index (χ1v) is 9.47. The van der Waals surface area contributed by atoms with E-state index < -0.39 is 10.0 Å². The fourth-order valence-corrected chi connectivity index (χ4v) is 3.02. The number of primary sulfonamides is 1. The molecule has 0 aliphatic carbocycles. The molecule has 122 valence electrons. The molecule has 0 unspecified atom stereocenters. The summed E-state index contributed by atoms with van der Waals surface area (Å²) >= 11 is 2.21. The minimum absolute atomic E-state index is 0.0203. The zero-order chi connectivity index (χ0) is 17.3. The van der Waals surface area contributed by atoms with E-state index in [0.29, 0.717) is 11.4 Å². The maximum Gasteiger partial charge on any atom is 0.271 e. The number of halogens is 1. The third kappa shape index (κ3) is 3.55. The fraction of sp³-hybridized carbons (Fsp3) is 0. The number of rotatable bonds is 3. The van der Waals surface area contributed by atoms with E-state index in [1.807, 2.05) is 24.3 Å². The predicted molar refractivity (Wildman–Crippen MR) is 99.4 cm³/mol. The van der Waals surface area contributed by atoms with Crippen molar-refractivity contribution in [3.8, 4) is 16.9 Å². The summed E-state index contributed by atoms with van der Waals surface area (Å²) in [5, 5.41) is 9.43. The van der Waals surface area contributed by atoms with E-state index in [1.54, 1.807) is 6.07 Å². The van der Waals surface area contributed by atoms with Gasteiger partial charge in [-0.1, -0.05) is 12.1 Å². The number of benzene rings is 2. The number of nitrogens with two attached hydrogens (primary N) is 1. The topological polar surface area (TPSA) is 95.1 Å². The van der Waals surface area contributed by atoms with Gasteiger partial charge in [0.2, 0.25) is 10.0 Å². The van der Waals surface area contributed by atoms with E-state index in [4.69, 9.17) is 5.14 Å². The summed E-state index contributed by atoms with van der Waals surface area (Å²) in [5.41, 5.74) is 1.67. The Kier molecular flexibility index (Phi) is 4.52. The van der Waals surface area contributed by atoms with Gasteiger partial charge >= 0.3 is 0 Å². The summed E-state index contributed by atoms with van der Waals surface area (Å²) in [4.78, 5) is 12.1. The highest BCUT2D eigenvalue weighted by Gasteiger charge is 2.09. The Hall–Kier alpha value is -2.04. The van der Waals surface area contributed by atoms with Crippen LogP contribution in [-0.2, 0) is 10.0 Å². The van der Waals surface area contributed by atoms with Gasteiger partial charge in [0.1, 0.15) is 0 Å². The molecule has 0 saturated heterocycles. The van der Waals surface area contributed by atoms with Crippen molar-refractivity contribution in [2.45, 2.75) is 4.90 Å². The zero-order valence-corrected chi connectivity index (χ0v) is 15.2. The third-order valence-electron chi connectivity index (χ3n) is 3.35. The van der Waals surface area contributed by atoms with Crippen LogP contribution in [0.5, 0.6) is 0 Å².